The minimum atomic E-state index is -0.546. The van der Waals surface area contributed by atoms with Crippen LogP contribution in [0.15, 0.2) is 64.4 Å². The van der Waals surface area contributed by atoms with Crippen molar-refractivity contribution in [3.63, 3.8) is 0 Å². The lowest BCUT2D eigenvalue weighted by Gasteiger charge is -2.26. The van der Waals surface area contributed by atoms with Crippen molar-refractivity contribution in [2.75, 3.05) is 24.7 Å². The number of nitrogen functional groups attached to an aromatic ring is 1. The Kier molecular flexibility index (Phi) is 9.69. The molecule has 0 saturated heterocycles. The number of benzene rings is 2. The standard InChI is InChI=1S/C25H26N4O3S2.C2H6/c1-3-31-22-11-5-16-13-20(15-4-10-21(26)17(12-15)14-27-2)24(30)29(23(16)28-22)18-6-8-19(9-7-18)32-25(33)34;1-2/h4-14,22,25,28,33-34H,3,26H2,1-2H3;1-2H3. The van der Waals surface area contributed by atoms with Crippen LogP contribution in [0, 0.1) is 0 Å². The van der Waals surface area contributed by atoms with Gasteiger partial charge in [0.2, 0.25) is 0 Å². The normalized spacial score (nSPS) is 14.2. The lowest BCUT2D eigenvalue weighted by molar-refractivity contribution is 0.115. The number of fused-ring (bicyclic) bond motifs is 1. The Morgan fingerprint density at radius 2 is 1.89 bits per heavy atom. The highest BCUT2D eigenvalue weighted by molar-refractivity contribution is 7.98. The Morgan fingerprint density at radius 3 is 2.53 bits per heavy atom. The van der Waals surface area contributed by atoms with Gasteiger partial charge in [-0.05, 0) is 61.0 Å². The Hall–Kier alpha value is -3.14. The van der Waals surface area contributed by atoms with Gasteiger partial charge in [0, 0.05) is 42.2 Å². The van der Waals surface area contributed by atoms with Crippen LogP contribution in [0.3, 0.4) is 0 Å². The van der Waals surface area contributed by atoms with Crippen LogP contribution in [0.4, 0.5) is 11.5 Å². The molecule has 1 unspecified atom stereocenters. The second kappa shape index (κ2) is 12.7. The van der Waals surface area contributed by atoms with Gasteiger partial charge in [0.15, 0.2) is 4.77 Å². The third-order valence-corrected chi connectivity index (χ3v) is 5.52. The fourth-order valence-corrected chi connectivity index (χ4v) is 4.05. The molecule has 0 amide bonds. The minimum Gasteiger partial charge on any atom is -0.470 e. The van der Waals surface area contributed by atoms with Crippen molar-refractivity contribution in [2.45, 2.75) is 31.8 Å². The van der Waals surface area contributed by atoms with Crippen LogP contribution >= 0.6 is 25.3 Å². The molecule has 2 aromatic carbocycles. The molecule has 0 aliphatic carbocycles. The summed E-state index contributed by atoms with van der Waals surface area (Å²) in [7, 11) is 1.68. The van der Waals surface area contributed by atoms with Crippen molar-refractivity contribution < 1.29 is 9.47 Å². The summed E-state index contributed by atoms with van der Waals surface area (Å²) in [4.78, 5) is 17.9. The third-order valence-electron chi connectivity index (χ3n) is 5.31. The summed E-state index contributed by atoms with van der Waals surface area (Å²) < 4.78 is 12.3. The minimum absolute atomic E-state index is 0.184. The molecule has 0 bridgehead atoms. The first-order valence-electron chi connectivity index (χ1n) is 11.7. The number of ether oxygens (including phenoxy) is 2. The third kappa shape index (κ3) is 6.16. The predicted octanol–water partition coefficient (Wildman–Crippen LogP) is 5.48. The summed E-state index contributed by atoms with van der Waals surface area (Å²) in [5.41, 5.74) is 10.1. The Morgan fingerprint density at radius 1 is 1.17 bits per heavy atom. The summed E-state index contributed by atoms with van der Waals surface area (Å²) in [5, 5.41) is 3.33. The second-order valence-corrected chi connectivity index (χ2v) is 8.90. The van der Waals surface area contributed by atoms with Gasteiger partial charge in [-0.25, -0.2) is 0 Å². The molecule has 3 aromatic rings. The average Bonchev–Trinajstić information content (AvgIpc) is 2.87. The molecule has 1 aromatic heterocycles. The quantitative estimate of drug-likeness (QED) is 0.142. The zero-order valence-electron chi connectivity index (χ0n) is 20.8. The van der Waals surface area contributed by atoms with Gasteiger partial charge in [0.05, 0.1) is 5.69 Å². The summed E-state index contributed by atoms with van der Waals surface area (Å²) in [6, 6.07) is 14.6. The number of rotatable bonds is 7. The van der Waals surface area contributed by atoms with Crippen LogP contribution in [-0.4, -0.2) is 35.4 Å². The van der Waals surface area contributed by atoms with Crippen LogP contribution < -0.4 is 21.3 Å². The van der Waals surface area contributed by atoms with E-state index in [2.05, 4.69) is 35.6 Å². The maximum absolute atomic E-state index is 13.9. The second-order valence-electron chi connectivity index (χ2n) is 7.55. The topological polar surface area (TPSA) is 90.9 Å². The van der Waals surface area contributed by atoms with Crippen LogP contribution in [0.5, 0.6) is 5.75 Å². The molecule has 7 nitrogen and oxygen atoms in total. The molecule has 0 spiro atoms. The molecule has 0 fully saturated rings. The maximum Gasteiger partial charge on any atom is 0.264 e. The molecule has 1 aliphatic heterocycles. The van der Waals surface area contributed by atoms with Gasteiger partial charge in [-0.2, -0.15) is 0 Å². The molecule has 1 atom stereocenters. The van der Waals surface area contributed by atoms with E-state index in [1.54, 1.807) is 36.0 Å². The molecule has 190 valence electrons. The monoisotopic (exact) mass is 524 g/mol. The van der Waals surface area contributed by atoms with E-state index in [0.717, 1.165) is 16.7 Å². The van der Waals surface area contributed by atoms with Gasteiger partial charge < -0.3 is 20.5 Å². The van der Waals surface area contributed by atoms with E-state index >= 15 is 0 Å². The summed E-state index contributed by atoms with van der Waals surface area (Å²) in [6.45, 7) is 6.46. The van der Waals surface area contributed by atoms with E-state index in [9.17, 15) is 4.79 Å². The van der Waals surface area contributed by atoms with E-state index < -0.39 is 4.77 Å². The number of hydrogen-bond donors (Lipinski definition) is 4. The van der Waals surface area contributed by atoms with Crippen molar-refractivity contribution in [1.29, 1.82) is 0 Å². The molecule has 4 rings (SSSR count). The molecular weight excluding hydrogens is 492 g/mol. The number of aliphatic imine (C=N–C) groups is 1. The number of nitrogens with one attached hydrogen (secondary N) is 1. The highest BCUT2D eigenvalue weighted by Gasteiger charge is 2.21. The van der Waals surface area contributed by atoms with Gasteiger partial charge in [0.1, 0.15) is 17.8 Å². The van der Waals surface area contributed by atoms with Gasteiger partial charge in [-0.3, -0.25) is 14.4 Å². The van der Waals surface area contributed by atoms with Crippen molar-refractivity contribution in [3.05, 3.63) is 76.1 Å². The number of anilines is 2. The number of thiol groups is 2. The zero-order valence-corrected chi connectivity index (χ0v) is 22.6. The zero-order chi connectivity index (χ0) is 26.2. The Balaban J connectivity index is 0.00000176. The molecular formula is C27H32N4O3S2. The van der Waals surface area contributed by atoms with Crippen LogP contribution in [0.25, 0.3) is 22.9 Å². The van der Waals surface area contributed by atoms with Crippen LogP contribution in [0.2, 0.25) is 0 Å². The van der Waals surface area contributed by atoms with Crippen molar-refractivity contribution in [1.82, 2.24) is 4.57 Å². The lowest BCUT2D eigenvalue weighted by atomic mass is 10.0. The van der Waals surface area contributed by atoms with E-state index in [0.29, 0.717) is 35.1 Å². The van der Waals surface area contributed by atoms with E-state index in [-0.39, 0.29) is 11.8 Å². The molecule has 0 saturated carbocycles. The van der Waals surface area contributed by atoms with Crippen LogP contribution in [0.1, 0.15) is 31.9 Å². The van der Waals surface area contributed by atoms with Crippen LogP contribution in [-0.2, 0) is 4.74 Å². The first kappa shape index (κ1) is 27.4. The fourth-order valence-electron chi connectivity index (χ4n) is 3.80. The smallest absolute Gasteiger partial charge is 0.264 e. The lowest BCUT2D eigenvalue weighted by Crippen LogP contribution is -2.31. The number of hydrogen-bond acceptors (Lipinski definition) is 8. The first-order chi connectivity index (χ1) is 17.4. The average molecular weight is 525 g/mol. The molecule has 0 radical (unpaired) electrons. The number of nitrogens with zero attached hydrogens (tertiary/aromatic N) is 2. The number of pyridine rings is 1. The largest absolute Gasteiger partial charge is 0.470 e. The van der Waals surface area contributed by atoms with E-state index in [4.69, 9.17) is 15.2 Å². The fraction of sp³-hybridized carbons (Fsp3) is 0.259. The number of nitrogens with two attached hydrogens (primary N) is 1. The highest BCUT2D eigenvalue weighted by atomic mass is 32.2. The summed E-state index contributed by atoms with van der Waals surface area (Å²) in [6.07, 6.45) is 5.23. The molecule has 1 aliphatic rings. The Bertz CT molecular complexity index is 1300. The molecule has 36 heavy (non-hydrogen) atoms. The maximum atomic E-state index is 13.9. The first-order valence-corrected chi connectivity index (χ1v) is 12.8. The van der Waals surface area contributed by atoms with Crippen molar-refractivity contribution in [2.24, 2.45) is 4.99 Å². The van der Waals surface area contributed by atoms with Crippen molar-refractivity contribution in [3.8, 4) is 22.6 Å². The van der Waals surface area contributed by atoms with E-state index in [1.165, 1.54) is 0 Å². The van der Waals surface area contributed by atoms with Gasteiger partial charge in [-0.1, -0.05) is 26.0 Å². The van der Waals surface area contributed by atoms with Gasteiger partial charge >= 0.3 is 0 Å². The molecule has 9 heteroatoms. The number of aromatic nitrogens is 1. The summed E-state index contributed by atoms with van der Waals surface area (Å²) >= 11 is 8.28. The molecule has 3 N–H and O–H groups in total. The van der Waals surface area contributed by atoms with Gasteiger partial charge in [0.25, 0.3) is 5.56 Å². The van der Waals surface area contributed by atoms with Crippen molar-refractivity contribution >= 4 is 49.1 Å². The SMILES string of the molecule is CC.CCOC1C=Cc2cc(-c3ccc(N)c(C=NC)c3)c(=O)n(-c3ccc(OC(S)S)cc3)c2N1. The summed E-state index contributed by atoms with van der Waals surface area (Å²) in [5.74, 6) is 1.24. The Labute approximate surface area is 222 Å². The van der Waals surface area contributed by atoms with E-state index in [1.807, 2.05) is 63.3 Å². The van der Waals surface area contributed by atoms with Gasteiger partial charge in [-0.15, -0.1) is 25.3 Å². The predicted molar refractivity (Wildman–Crippen MR) is 157 cm³/mol. The highest BCUT2D eigenvalue weighted by Crippen LogP contribution is 2.31. The molecule has 2 heterocycles.